The lowest BCUT2D eigenvalue weighted by Gasteiger charge is -2.35. The molecule has 100 valence electrons. The van der Waals surface area contributed by atoms with Crippen LogP contribution in [0.4, 0.5) is 11.5 Å². The van der Waals surface area contributed by atoms with E-state index in [-0.39, 0.29) is 23.3 Å². The summed E-state index contributed by atoms with van der Waals surface area (Å²) in [7, 11) is 0. The van der Waals surface area contributed by atoms with Crippen molar-refractivity contribution in [1.29, 1.82) is 0 Å². The molecule has 18 heavy (non-hydrogen) atoms. The van der Waals surface area contributed by atoms with Gasteiger partial charge in [-0.1, -0.05) is 19.3 Å². The minimum Gasteiger partial charge on any atom is -0.396 e. The van der Waals surface area contributed by atoms with E-state index in [0.29, 0.717) is 12.4 Å². The van der Waals surface area contributed by atoms with Gasteiger partial charge in [0, 0.05) is 12.0 Å². The quantitative estimate of drug-likeness (QED) is 0.631. The average Bonchev–Trinajstić information content (AvgIpc) is 2.41. The summed E-state index contributed by atoms with van der Waals surface area (Å²) < 4.78 is 0. The summed E-state index contributed by atoms with van der Waals surface area (Å²) in [4.78, 5) is 17.8. The summed E-state index contributed by atoms with van der Waals surface area (Å²) >= 11 is 0. The number of aromatic nitrogens is 2. The molecule has 0 saturated heterocycles. The van der Waals surface area contributed by atoms with Gasteiger partial charge >= 0.3 is 0 Å². The summed E-state index contributed by atoms with van der Waals surface area (Å²) in [6.45, 7) is 0.757. The van der Waals surface area contributed by atoms with Crippen molar-refractivity contribution in [3.8, 4) is 0 Å². The zero-order chi connectivity index (χ0) is 13.0. The molecule has 1 saturated carbocycles. The number of nitrogens with zero attached hydrogens (tertiary/aromatic N) is 1. The first-order chi connectivity index (χ1) is 8.67. The fraction of sp³-hybridized carbons (Fsp3) is 0.667. The predicted octanol–water partition coefficient (Wildman–Crippen LogP) is 0.707. The van der Waals surface area contributed by atoms with Crippen molar-refractivity contribution in [3.05, 3.63) is 16.7 Å². The van der Waals surface area contributed by atoms with Crippen LogP contribution in [0.5, 0.6) is 0 Å². The number of hydrogen-bond donors (Lipinski definition) is 4. The largest absolute Gasteiger partial charge is 0.396 e. The summed E-state index contributed by atoms with van der Waals surface area (Å²) in [6, 6.07) is 0. The summed E-state index contributed by atoms with van der Waals surface area (Å²) in [5, 5.41) is 12.7. The highest BCUT2D eigenvalue weighted by atomic mass is 16.3. The minimum atomic E-state index is -0.339. The van der Waals surface area contributed by atoms with E-state index in [1.165, 1.54) is 12.7 Å². The minimum absolute atomic E-state index is 0.0985. The molecule has 1 aliphatic carbocycles. The maximum absolute atomic E-state index is 11.3. The third kappa shape index (κ3) is 2.64. The maximum atomic E-state index is 11.3. The lowest BCUT2D eigenvalue weighted by molar-refractivity contribution is 0.0943. The molecule has 0 radical (unpaired) electrons. The SMILES string of the molecule is Nc1c(NCC2(CO)CCCCC2)nc[nH]c1=O. The fourth-order valence-electron chi connectivity index (χ4n) is 2.51. The van der Waals surface area contributed by atoms with Gasteiger partial charge in [0.05, 0.1) is 12.9 Å². The van der Waals surface area contributed by atoms with Crippen molar-refractivity contribution in [2.75, 3.05) is 24.2 Å². The van der Waals surface area contributed by atoms with E-state index in [1.54, 1.807) is 0 Å². The van der Waals surface area contributed by atoms with Gasteiger partial charge in [0.1, 0.15) is 5.69 Å². The number of anilines is 2. The molecule has 0 spiro atoms. The van der Waals surface area contributed by atoms with E-state index in [4.69, 9.17) is 5.73 Å². The molecule has 1 heterocycles. The summed E-state index contributed by atoms with van der Waals surface area (Å²) in [6.07, 6.45) is 6.83. The van der Waals surface area contributed by atoms with Gasteiger partial charge in [0.2, 0.25) is 0 Å². The van der Waals surface area contributed by atoms with Gasteiger partial charge in [-0.3, -0.25) is 4.79 Å². The maximum Gasteiger partial charge on any atom is 0.276 e. The number of nitrogens with two attached hydrogens (primary N) is 1. The van der Waals surface area contributed by atoms with Crippen molar-refractivity contribution >= 4 is 11.5 Å². The number of aliphatic hydroxyl groups is 1. The Morgan fingerprint density at radius 3 is 2.83 bits per heavy atom. The highest BCUT2D eigenvalue weighted by Gasteiger charge is 2.31. The number of hydrogen-bond acceptors (Lipinski definition) is 5. The van der Waals surface area contributed by atoms with Crippen LogP contribution in [0.3, 0.4) is 0 Å². The molecule has 0 atom stereocenters. The Labute approximate surface area is 106 Å². The number of aliphatic hydroxyl groups excluding tert-OH is 1. The zero-order valence-electron chi connectivity index (χ0n) is 10.4. The van der Waals surface area contributed by atoms with Gasteiger partial charge in [-0.05, 0) is 12.8 Å². The van der Waals surface area contributed by atoms with Gasteiger partial charge in [-0.15, -0.1) is 0 Å². The second-order valence-corrected chi connectivity index (χ2v) is 5.07. The second kappa shape index (κ2) is 5.39. The van der Waals surface area contributed by atoms with Gasteiger partial charge in [0.25, 0.3) is 5.56 Å². The lowest BCUT2D eigenvalue weighted by Crippen LogP contribution is -2.36. The molecular formula is C12H20N4O2. The molecule has 0 amide bonds. The first kappa shape index (κ1) is 12.9. The first-order valence-electron chi connectivity index (χ1n) is 6.35. The Kier molecular flexibility index (Phi) is 3.86. The number of nitrogen functional groups attached to an aromatic ring is 1. The summed E-state index contributed by atoms with van der Waals surface area (Å²) in [5.74, 6) is 0.400. The molecule has 1 aliphatic rings. The molecule has 1 fully saturated rings. The van der Waals surface area contributed by atoms with Crippen molar-refractivity contribution in [1.82, 2.24) is 9.97 Å². The van der Waals surface area contributed by atoms with E-state index in [2.05, 4.69) is 15.3 Å². The molecule has 0 aliphatic heterocycles. The smallest absolute Gasteiger partial charge is 0.276 e. The van der Waals surface area contributed by atoms with Gasteiger partial charge in [-0.25, -0.2) is 4.98 Å². The van der Waals surface area contributed by atoms with Crippen LogP contribution < -0.4 is 16.6 Å². The number of H-pyrrole nitrogens is 1. The summed E-state index contributed by atoms with van der Waals surface area (Å²) in [5.41, 5.74) is 5.31. The van der Waals surface area contributed by atoms with E-state index in [0.717, 1.165) is 25.7 Å². The average molecular weight is 252 g/mol. The highest BCUT2D eigenvalue weighted by Crippen LogP contribution is 2.35. The third-order valence-corrected chi connectivity index (χ3v) is 3.77. The Hall–Kier alpha value is -1.56. The van der Waals surface area contributed by atoms with Gasteiger partial charge < -0.3 is 21.1 Å². The molecule has 6 heteroatoms. The molecule has 0 bridgehead atoms. The zero-order valence-corrected chi connectivity index (χ0v) is 10.4. The molecule has 1 aromatic rings. The molecule has 5 N–H and O–H groups in total. The topological polar surface area (TPSA) is 104 Å². The van der Waals surface area contributed by atoms with Crippen LogP contribution in [0, 0.1) is 5.41 Å². The van der Waals surface area contributed by atoms with Crippen molar-refractivity contribution in [2.24, 2.45) is 5.41 Å². The van der Waals surface area contributed by atoms with Crippen LogP contribution in [0.25, 0.3) is 0 Å². The van der Waals surface area contributed by atoms with Crippen LogP contribution >= 0.6 is 0 Å². The normalized spacial score (nSPS) is 18.5. The Morgan fingerprint density at radius 1 is 1.44 bits per heavy atom. The van der Waals surface area contributed by atoms with E-state index in [9.17, 15) is 9.90 Å². The fourth-order valence-corrected chi connectivity index (χ4v) is 2.51. The van der Waals surface area contributed by atoms with Crippen LogP contribution in [0.1, 0.15) is 32.1 Å². The standard InChI is InChI=1S/C12H20N4O2/c13-9-10(15-8-16-11(9)18)14-6-12(7-17)4-2-1-3-5-12/h8,17H,1-7,13H2,(H2,14,15,16,18). The lowest BCUT2D eigenvalue weighted by atomic mass is 9.74. The molecule has 2 rings (SSSR count). The molecular weight excluding hydrogens is 232 g/mol. The van der Waals surface area contributed by atoms with Gasteiger partial charge in [-0.2, -0.15) is 0 Å². The molecule has 1 aromatic heterocycles. The van der Waals surface area contributed by atoms with E-state index in [1.807, 2.05) is 0 Å². The predicted molar refractivity (Wildman–Crippen MR) is 70.4 cm³/mol. The van der Waals surface area contributed by atoms with Crippen LogP contribution in [-0.4, -0.2) is 28.2 Å². The number of aromatic amines is 1. The number of nitrogens with one attached hydrogen (secondary N) is 2. The second-order valence-electron chi connectivity index (χ2n) is 5.07. The van der Waals surface area contributed by atoms with Crippen LogP contribution in [0.2, 0.25) is 0 Å². The monoisotopic (exact) mass is 252 g/mol. The number of rotatable bonds is 4. The Bertz CT molecular complexity index is 452. The van der Waals surface area contributed by atoms with Crippen molar-refractivity contribution in [2.45, 2.75) is 32.1 Å². The van der Waals surface area contributed by atoms with E-state index >= 15 is 0 Å². The highest BCUT2D eigenvalue weighted by molar-refractivity contribution is 5.58. The first-order valence-corrected chi connectivity index (χ1v) is 6.35. The Morgan fingerprint density at radius 2 is 2.17 bits per heavy atom. The Balaban J connectivity index is 2.05. The molecule has 0 aromatic carbocycles. The van der Waals surface area contributed by atoms with Crippen LogP contribution in [-0.2, 0) is 0 Å². The van der Waals surface area contributed by atoms with Crippen LogP contribution in [0.15, 0.2) is 11.1 Å². The van der Waals surface area contributed by atoms with Crippen molar-refractivity contribution in [3.63, 3.8) is 0 Å². The van der Waals surface area contributed by atoms with Crippen molar-refractivity contribution < 1.29 is 5.11 Å². The van der Waals surface area contributed by atoms with Gasteiger partial charge in [0.15, 0.2) is 5.82 Å². The molecule has 0 unspecified atom stereocenters. The third-order valence-electron chi connectivity index (χ3n) is 3.77. The van der Waals surface area contributed by atoms with E-state index < -0.39 is 0 Å². The molecule has 6 nitrogen and oxygen atoms in total.